The molecule has 0 radical (unpaired) electrons. The van der Waals surface area contributed by atoms with Gasteiger partial charge in [-0.15, -0.1) is 0 Å². The fraction of sp³-hybridized carbons (Fsp3) is 1.00. The average molecular weight is 267 g/mol. The summed E-state index contributed by atoms with van der Waals surface area (Å²) in [5.74, 6) is 0.806. The van der Waals surface area contributed by atoms with Gasteiger partial charge in [-0.05, 0) is 12.3 Å². The first-order chi connectivity index (χ1) is 9.31. The van der Waals surface area contributed by atoms with Crippen LogP contribution in [0.15, 0.2) is 0 Å². The van der Waals surface area contributed by atoms with Crippen molar-refractivity contribution in [2.45, 2.75) is 44.2 Å². The number of aliphatic hydroxyl groups is 1. The summed E-state index contributed by atoms with van der Waals surface area (Å²) in [7, 11) is 0. The van der Waals surface area contributed by atoms with Gasteiger partial charge in [0.1, 0.15) is 0 Å². The predicted molar refractivity (Wildman–Crippen MR) is 77.3 cm³/mol. The molecule has 3 aliphatic rings. The van der Waals surface area contributed by atoms with Crippen LogP contribution in [0.25, 0.3) is 0 Å². The number of rotatable bonds is 5. The Labute approximate surface area is 117 Å². The molecular formula is C15H29N3O. The predicted octanol–water partition coefficient (Wildman–Crippen LogP) is 0.517. The van der Waals surface area contributed by atoms with Gasteiger partial charge in [0.25, 0.3) is 0 Å². The molecule has 2 N–H and O–H groups in total. The minimum absolute atomic E-state index is 0.0907. The van der Waals surface area contributed by atoms with Crippen molar-refractivity contribution in [3.63, 3.8) is 0 Å². The van der Waals surface area contributed by atoms with E-state index in [4.69, 9.17) is 0 Å². The zero-order chi connectivity index (χ0) is 13.1. The number of β-amino-alcohol motifs (C(OH)–C–C–N with tert-alkyl or cyclic N) is 1. The Hall–Kier alpha value is -0.160. The Morgan fingerprint density at radius 2 is 1.79 bits per heavy atom. The topological polar surface area (TPSA) is 38.7 Å². The molecular weight excluding hydrogens is 238 g/mol. The van der Waals surface area contributed by atoms with Crippen LogP contribution in [-0.4, -0.2) is 72.9 Å². The van der Waals surface area contributed by atoms with Crippen molar-refractivity contribution in [2.75, 3.05) is 45.8 Å². The number of aliphatic hydroxyl groups excluding tert-OH is 1. The van der Waals surface area contributed by atoms with Crippen LogP contribution in [-0.2, 0) is 0 Å². The lowest BCUT2D eigenvalue weighted by Gasteiger charge is -2.47. The van der Waals surface area contributed by atoms with E-state index in [1.807, 2.05) is 0 Å². The van der Waals surface area contributed by atoms with Crippen LogP contribution in [0, 0.1) is 5.92 Å². The first-order valence-electron chi connectivity index (χ1n) is 8.16. The van der Waals surface area contributed by atoms with Crippen molar-refractivity contribution in [3.05, 3.63) is 0 Å². The molecule has 2 heterocycles. The minimum Gasteiger partial charge on any atom is -0.392 e. The summed E-state index contributed by atoms with van der Waals surface area (Å²) in [4.78, 5) is 5.04. The number of likely N-dealkylation sites (tertiary alicyclic amines) is 1. The maximum atomic E-state index is 10.2. The summed E-state index contributed by atoms with van der Waals surface area (Å²) in [6.45, 7) is 7.91. The first kappa shape index (κ1) is 13.8. The number of piperazine rings is 1. The van der Waals surface area contributed by atoms with Crippen LogP contribution in [0.1, 0.15) is 32.1 Å². The quantitative estimate of drug-likeness (QED) is 0.762. The van der Waals surface area contributed by atoms with Gasteiger partial charge < -0.3 is 10.4 Å². The van der Waals surface area contributed by atoms with Crippen molar-refractivity contribution in [1.29, 1.82) is 0 Å². The molecule has 1 aliphatic carbocycles. The molecule has 2 saturated heterocycles. The molecule has 0 amide bonds. The summed E-state index contributed by atoms with van der Waals surface area (Å²) in [6.07, 6.45) is 6.40. The third kappa shape index (κ3) is 3.69. The van der Waals surface area contributed by atoms with E-state index in [9.17, 15) is 5.11 Å². The second-order valence-electron chi connectivity index (χ2n) is 6.70. The Kier molecular flexibility index (Phi) is 4.74. The second kappa shape index (κ2) is 6.53. The highest BCUT2D eigenvalue weighted by molar-refractivity contribution is 4.90. The van der Waals surface area contributed by atoms with Crippen molar-refractivity contribution in [2.24, 2.45) is 5.92 Å². The fourth-order valence-electron chi connectivity index (χ4n) is 3.97. The summed E-state index contributed by atoms with van der Waals surface area (Å²) in [6, 6.07) is 0.751. The van der Waals surface area contributed by atoms with Crippen molar-refractivity contribution < 1.29 is 5.11 Å². The Morgan fingerprint density at radius 3 is 2.47 bits per heavy atom. The van der Waals surface area contributed by atoms with Gasteiger partial charge in [0.05, 0.1) is 6.10 Å². The molecule has 110 valence electrons. The molecule has 1 unspecified atom stereocenters. The smallest absolute Gasteiger partial charge is 0.0669 e. The van der Waals surface area contributed by atoms with E-state index in [1.54, 1.807) is 0 Å². The van der Waals surface area contributed by atoms with Gasteiger partial charge in [0.2, 0.25) is 0 Å². The van der Waals surface area contributed by atoms with E-state index in [0.717, 1.165) is 38.0 Å². The molecule has 4 nitrogen and oxygen atoms in total. The molecule has 0 aromatic heterocycles. The zero-order valence-electron chi connectivity index (χ0n) is 12.1. The maximum Gasteiger partial charge on any atom is 0.0669 e. The molecule has 2 aliphatic heterocycles. The van der Waals surface area contributed by atoms with Crippen LogP contribution in [0.3, 0.4) is 0 Å². The summed E-state index contributed by atoms with van der Waals surface area (Å²) < 4.78 is 0. The second-order valence-corrected chi connectivity index (χ2v) is 6.70. The molecule has 1 saturated carbocycles. The summed E-state index contributed by atoms with van der Waals surface area (Å²) in [5, 5.41) is 13.6. The van der Waals surface area contributed by atoms with E-state index in [-0.39, 0.29) is 6.10 Å². The highest BCUT2D eigenvalue weighted by Gasteiger charge is 2.33. The normalized spacial score (nSPS) is 29.5. The summed E-state index contributed by atoms with van der Waals surface area (Å²) in [5.41, 5.74) is 0. The Bertz CT molecular complexity index is 269. The Morgan fingerprint density at radius 1 is 1.11 bits per heavy atom. The van der Waals surface area contributed by atoms with Crippen LogP contribution in [0.4, 0.5) is 0 Å². The van der Waals surface area contributed by atoms with Crippen LogP contribution in [0.2, 0.25) is 0 Å². The Balaban J connectivity index is 1.32. The highest BCUT2D eigenvalue weighted by atomic mass is 16.3. The molecule has 4 heteroatoms. The van der Waals surface area contributed by atoms with Gasteiger partial charge >= 0.3 is 0 Å². The first-order valence-corrected chi connectivity index (χ1v) is 8.16. The van der Waals surface area contributed by atoms with Crippen molar-refractivity contribution in [3.8, 4) is 0 Å². The zero-order valence-corrected chi connectivity index (χ0v) is 12.1. The van der Waals surface area contributed by atoms with Gasteiger partial charge in [-0.1, -0.05) is 25.7 Å². The number of hydrogen-bond acceptors (Lipinski definition) is 4. The van der Waals surface area contributed by atoms with E-state index in [2.05, 4.69) is 15.1 Å². The lowest BCUT2D eigenvalue weighted by Crippen LogP contribution is -2.63. The number of nitrogens with zero attached hydrogens (tertiary/aromatic N) is 2. The van der Waals surface area contributed by atoms with E-state index >= 15 is 0 Å². The van der Waals surface area contributed by atoms with Crippen LogP contribution >= 0.6 is 0 Å². The lowest BCUT2D eigenvalue weighted by molar-refractivity contribution is -0.00527. The average Bonchev–Trinajstić information content (AvgIpc) is 2.87. The van der Waals surface area contributed by atoms with Crippen LogP contribution in [0.5, 0.6) is 0 Å². The summed E-state index contributed by atoms with van der Waals surface area (Å²) >= 11 is 0. The van der Waals surface area contributed by atoms with Gasteiger partial charge in [-0.2, -0.15) is 0 Å². The molecule has 0 aromatic carbocycles. The molecule has 0 aromatic rings. The molecule has 0 spiro atoms. The lowest BCUT2D eigenvalue weighted by atomic mass is 9.98. The minimum atomic E-state index is -0.0907. The monoisotopic (exact) mass is 267 g/mol. The fourth-order valence-corrected chi connectivity index (χ4v) is 3.97. The van der Waals surface area contributed by atoms with E-state index in [0.29, 0.717) is 0 Å². The number of nitrogens with one attached hydrogen (secondary N) is 1. The van der Waals surface area contributed by atoms with Crippen molar-refractivity contribution in [1.82, 2.24) is 15.1 Å². The standard InChI is InChI=1S/C15H29N3O/c19-15(9-13-3-1-2-4-13)12-17-10-14(11-17)18-7-5-16-6-8-18/h13-16,19H,1-12H2. The van der Waals surface area contributed by atoms with E-state index in [1.165, 1.54) is 51.9 Å². The largest absolute Gasteiger partial charge is 0.392 e. The third-order valence-corrected chi connectivity index (χ3v) is 5.15. The molecule has 0 bridgehead atoms. The van der Waals surface area contributed by atoms with Gasteiger partial charge in [-0.25, -0.2) is 0 Å². The van der Waals surface area contributed by atoms with E-state index < -0.39 is 0 Å². The van der Waals surface area contributed by atoms with Gasteiger partial charge in [-0.3, -0.25) is 9.80 Å². The molecule has 19 heavy (non-hydrogen) atoms. The maximum absolute atomic E-state index is 10.2. The molecule has 1 atom stereocenters. The van der Waals surface area contributed by atoms with Gasteiger partial charge in [0, 0.05) is 51.9 Å². The van der Waals surface area contributed by atoms with Gasteiger partial charge in [0.15, 0.2) is 0 Å². The SMILES string of the molecule is OC(CC1CCCC1)CN1CC(N2CCNCC2)C1. The van der Waals surface area contributed by atoms with Crippen molar-refractivity contribution >= 4 is 0 Å². The molecule has 3 rings (SSSR count). The highest BCUT2D eigenvalue weighted by Crippen LogP contribution is 2.29. The number of hydrogen-bond donors (Lipinski definition) is 2. The van der Waals surface area contributed by atoms with Crippen LogP contribution < -0.4 is 5.32 Å². The third-order valence-electron chi connectivity index (χ3n) is 5.15. The molecule has 3 fully saturated rings.